The molecular weight excluding hydrogens is 268 g/mol. The number of hydrogen-bond donors (Lipinski definition) is 1. The highest BCUT2D eigenvalue weighted by Gasteiger charge is 2.23. The van der Waals surface area contributed by atoms with Crippen LogP contribution in [0.5, 0.6) is 0 Å². The molecule has 1 nitrogen and oxygen atoms in total. The molecule has 2 rings (SSSR count). The summed E-state index contributed by atoms with van der Waals surface area (Å²) in [5.74, 6) is -0.567. The highest BCUT2D eigenvalue weighted by molar-refractivity contribution is 5.41. The fourth-order valence-corrected chi connectivity index (χ4v) is 2.76. The minimum atomic E-state index is -0.476. The molecule has 112 valence electrons. The molecule has 0 aliphatic rings. The van der Waals surface area contributed by atoms with Gasteiger partial charge in [0.05, 0.1) is 6.04 Å². The molecule has 2 aromatic carbocycles. The summed E-state index contributed by atoms with van der Waals surface area (Å²) in [6.45, 7) is 8.01. The lowest BCUT2D eigenvalue weighted by molar-refractivity contribution is 0.525. The molecule has 1 N–H and O–H groups in total. The first-order chi connectivity index (χ1) is 9.95. The van der Waals surface area contributed by atoms with Gasteiger partial charge in [-0.2, -0.15) is 0 Å². The van der Waals surface area contributed by atoms with Gasteiger partial charge in [-0.15, -0.1) is 0 Å². The first kappa shape index (κ1) is 15.6. The standard InChI is InChI=1S/C18H21F2N/c1-5-21-18(14-8-6-7-12(3)17(14)20)16-13(4)9-11(2)10-15(16)19/h6-10,18,21H,5H2,1-4H3. The fraction of sp³-hybridized carbons (Fsp3) is 0.333. The first-order valence-electron chi connectivity index (χ1n) is 7.20. The summed E-state index contributed by atoms with van der Waals surface area (Å²) in [5, 5.41) is 3.20. The third-order valence-electron chi connectivity index (χ3n) is 3.71. The second-order valence-electron chi connectivity index (χ2n) is 5.45. The predicted molar refractivity (Wildman–Crippen MR) is 82.5 cm³/mol. The van der Waals surface area contributed by atoms with Crippen LogP contribution in [0.25, 0.3) is 0 Å². The molecule has 0 spiro atoms. The van der Waals surface area contributed by atoms with Gasteiger partial charge >= 0.3 is 0 Å². The SMILES string of the molecule is CCNC(c1cccc(C)c1F)c1c(C)cc(C)cc1F. The maximum Gasteiger partial charge on any atom is 0.131 e. The van der Waals surface area contributed by atoms with E-state index in [4.69, 9.17) is 0 Å². The zero-order valence-corrected chi connectivity index (χ0v) is 12.9. The molecule has 3 heteroatoms. The molecule has 0 saturated heterocycles. The lowest BCUT2D eigenvalue weighted by Crippen LogP contribution is -2.25. The van der Waals surface area contributed by atoms with Crippen LogP contribution in [0.2, 0.25) is 0 Å². The quantitative estimate of drug-likeness (QED) is 0.868. The number of halogens is 2. The van der Waals surface area contributed by atoms with E-state index in [1.165, 1.54) is 6.07 Å². The summed E-state index contributed by atoms with van der Waals surface area (Å²) in [6.07, 6.45) is 0. The van der Waals surface area contributed by atoms with Crippen LogP contribution in [-0.4, -0.2) is 6.54 Å². The second kappa shape index (κ2) is 6.35. The van der Waals surface area contributed by atoms with E-state index in [-0.39, 0.29) is 11.6 Å². The van der Waals surface area contributed by atoms with Crippen molar-refractivity contribution < 1.29 is 8.78 Å². The van der Waals surface area contributed by atoms with Crippen molar-refractivity contribution in [1.29, 1.82) is 0 Å². The summed E-state index contributed by atoms with van der Waals surface area (Å²) >= 11 is 0. The summed E-state index contributed by atoms with van der Waals surface area (Å²) in [4.78, 5) is 0. The van der Waals surface area contributed by atoms with E-state index >= 15 is 0 Å². The van der Waals surface area contributed by atoms with Crippen molar-refractivity contribution >= 4 is 0 Å². The molecule has 0 aromatic heterocycles. The average Bonchev–Trinajstić information content (AvgIpc) is 2.40. The Hall–Kier alpha value is -1.74. The molecule has 0 bridgehead atoms. The van der Waals surface area contributed by atoms with E-state index < -0.39 is 6.04 Å². The minimum absolute atomic E-state index is 0.275. The molecule has 21 heavy (non-hydrogen) atoms. The lowest BCUT2D eigenvalue weighted by Gasteiger charge is -2.23. The molecule has 0 heterocycles. The van der Waals surface area contributed by atoms with Crippen LogP contribution in [-0.2, 0) is 0 Å². The minimum Gasteiger partial charge on any atom is -0.306 e. The molecule has 2 aromatic rings. The van der Waals surface area contributed by atoms with Gasteiger partial charge in [0.15, 0.2) is 0 Å². The number of aryl methyl sites for hydroxylation is 3. The van der Waals surface area contributed by atoms with E-state index in [1.54, 1.807) is 25.1 Å². The highest BCUT2D eigenvalue weighted by Crippen LogP contribution is 2.30. The van der Waals surface area contributed by atoms with Crippen LogP contribution in [0.4, 0.5) is 8.78 Å². The van der Waals surface area contributed by atoms with E-state index in [1.807, 2.05) is 26.8 Å². The van der Waals surface area contributed by atoms with E-state index in [9.17, 15) is 8.78 Å². The van der Waals surface area contributed by atoms with Crippen molar-refractivity contribution in [2.45, 2.75) is 33.7 Å². The molecule has 1 unspecified atom stereocenters. The Morgan fingerprint density at radius 3 is 2.38 bits per heavy atom. The van der Waals surface area contributed by atoms with Gasteiger partial charge in [-0.3, -0.25) is 0 Å². The maximum atomic E-state index is 14.4. The summed E-state index contributed by atoms with van der Waals surface area (Å²) in [6, 6.07) is 8.20. The molecule has 0 aliphatic heterocycles. The summed E-state index contributed by atoms with van der Waals surface area (Å²) in [5.41, 5.74) is 3.28. The van der Waals surface area contributed by atoms with E-state index in [0.717, 1.165) is 11.1 Å². The molecule has 1 atom stereocenters. The number of nitrogens with one attached hydrogen (secondary N) is 1. The normalized spacial score (nSPS) is 12.5. The number of hydrogen-bond acceptors (Lipinski definition) is 1. The Morgan fingerprint density at radius 2 is 1.76 bits per heavy atom. The smallest absolute Gasteiger partial charge is 0.131 e. The van der Waals surface area contributed by atoms with Crippen molar-refractivity contribution in [2.75, 3.05) is 6.54 Å². The molecular formula is C18H21F2N. The van der Waals surface area contributed by atoms with Crippen LogP contribution in [0, 0.1) is 32.4 Å². The van der Waals surface area contributed by atoms with Crippen molar-refractivity contribution in [1.82, 2.24) is 5.32 Å². The Balaban J connectivity index is 2.62. The zero-order valence-electron chi connectivity index (χ0n) is 12.9. The van der Waals surface area contributed by atoms with Crippen LogP contribution in [0.15, 0.2) is 30.3 Å². The van der Waals surface area contributed by atoms with Crippen LogP contribution in [0.3, 0.4) is 0 Å². The third kappa shape index (κ3) is 3.13. The van der Waals surface area contributed by atoms with Gasteiger partial charge in [-0.05, 0) is 50.1 Å². The lowest BCUT2D eigenvalue weighted by atomic mass is 9.92. The van der Waals surface area contributed by atoms with E-state index in [2.05, 4.69) is 5.32 Å². The van der Waals surface area contributed by atoms with Crippen LogP contribution in [0.1, 0.15) is 40.8 Å². The second-order valence-corrected chi connectivity index (χ2v) is 5.45. The topological polar surface area (TPSA) is 12.0 Å². The Morgan fingerprint density at radius 1 is 1.05 bits per heavy atom. The zero-order chi connectivity index (χ0) is 15.6. The number of benzene rings is 2. The molecule has 0 amide bonds. The number of rotatable bonds is 4. The van der Waals surface area contributed by atoms with Gasteiger partial charge in [-0.25, -0.2) is 8.78 Å². The van der Waals surface area contributed by atoms with Crippen molar-refractivity contribution in [3.8, 4) is 0 Å². The van der Waals surface area contributed by atoms with Crippen LogP contribution < -0.4 is 5.32 Å². The Labute approximate surface area is 125 Å². The van der Waals surface area contributed by atoms with E-state index in [0.29, 0.717) is 23.2 Å². The van der Waals surface area contributed by atoms with Gasteiger partial charge < -0.3 is 5.32 Å². The predicted octanol–water partition coefficient (Wildman–Crippen LogP) is 4.59. The first-order valence-corrected chi connectivity index (χ1v) is 7.20. The van der Waals surface area contributed by atoms with Gasteiger partial charge in [-0.1, -0.05) is 31.2 Å². The molecule has 0 fully saturated rings. The Kier molecular flexibility index (Phi) is 4.73. The molecule has 0 aliphatic carbocycles. The van der Waals surface area contributed by atoms with Gasteiger partial charge in [0.2, 0.25) is 0 Å². The Bertz CT molecular complexity index is 627. The maximum absolute atomic E-state index is 14.4. The average molecular weight is 289 g/mol. The van der Waals surface area contributed by atoms with Crippen molar-refractivity contribution in [3.63, 3.8) is 0 Å². The largest absolute Gasteiger partial charge is 0.306 e. The van der Waals surface area contributed by atoms with Crippen LogP contribution >= 0.6 is 0 Å². The third-order valence-corrected chi connectivity index (χ3v) is 3.71. The molecule has 0 saturated carbocycles. The van der Waals surface area contributed by atoms with Gasteiger partial charge in [0.25, 0.3) is 0 Å². The fourth-order valence-electron chi connectivity index (χ4n) is 2.76. The molecule has 0 radical (unpaired) electrons. The monoisotopic (exact) mass is 289 g/mol. The summed E-state index contributed by atoms with van der Waals surface area (Å²) in [7, 11) is 0. The van der Waals surface area contributed by atoms with Crippen molar-refractivity contribution in [2.24, 2.45) is 0 Å². The van der Waals surface area contributed by atoms with Gasteiger partial charge in [0, 0.05) is 11.1 Å². The highest BCUT2D eigenvalue weighted by atomic mass is 19.1. The van der Waals surface area contributed by atoms with Gasteiger partial charge in [0.1, 0.15) is 11.6 Å². The summed E-state index contributed by atoms with van der Waals surface area (Å²) < 4.78 is 28.9. The van der Waals surface area contributed by atoms with Crippen molar-refractivity contribution in [3.05, 3.63) is 69.8 Å².